The van der Waals surface area contributed by atoms with Crippen LogP contribution in [-0.4, -0.2) is 22.3 Å². The van der Waals surface area contributed by atoms with Crippen LogP contribution in [0.2, 0.25) is 0 Å². The summed E-state index contributed by atoms with van der Waals surface area (Å²) in [7, 11) is 0. The molecule has 1 aromatic heterocycles. The number of halogens is 1. The molecule has 0 saturated heterocycles. The summed E-state index contributed by atoms with van der Waals surface area (Å²) in [5.74, 6) is -0.411. The second-order valence-corrected chi connectivity index (χ2v) is 3.76. The average molecular weight is 247 g/mol. The molecule has 5 heteroatoms. The standard InChI is InChI=1S/C8H11BrN2O2/c1-4(2)13-8(12)7-6(9)5(3)10-11-7/h4H,1-3H3,(H,10,11). The fourth-order valence-electron chi connectivity index (χ4n) is 0.821. The Kier molecular flexibility index (Phi) is 3.08. The Labute approximate surface area is 84.8 Å². The van der Waals surface area contributed by atoms with Gasteiger partial charge in [0.1, 0.15) is 0 Å². The zero-order chi connectivity index (χ0) is 10.0. The van der Waals surface area contributed by atoms with Crippen molar-refractivity contribution in [2.45, 2.75) is 26.9 Å². The van der Waals surface area contributed by atoms with Crippen LogP contribution in [0.15, 0.2) is 4.47 Å². The van der Waals surface area contributed by atoms with Gasteiger partial charge in [0, 0.05) is 5.69 Å². The van der Waals surface area contributed by atoms with Crippen molar-refractivity contribution in [3.05, 3.63) is 15.9 Å². The van der Waals surface area contributed by atoms with Crippen LogP contribution in [0.1, 0.15) is 30.0 Å². The van der Waals surface area contributed by atoms with E-state index in [-0.39, 0.29) is 6.10 Å². The van der Waals surface area contributed by atoms with E-state index in [9.17, 15) is 4.79 Å². The highest BCUT2D eigenvalue weighted by Crippen LogP contribution is 2.19. The predicted molar refractivity (Wildman–Crippen MR) is 51.6 cm³/mol. The van der Waals surface area contributed by atoms with Crippen molar-refractivity contribution in [3.8, 4) is 0 Å². The molecule has 1 N–H and O–H groups in total. The van der Waals surface area contributed by atoms with Crippen LogP contribution in [0, 0.1) is 6.92 Å². The molecule has 0 fully saturated rings. The Bertz CT molecular complexity index is 320. The van der Waals surface area contributed by atoms with E-state index in [1.54, 1.807) is 13.8 Å². The first kappa shape index (κ1) is 10.2. The minimum atomic E-state index is -0.411. The molecule has 13 heavy (non-hydrogen) atoms. The minimum Gasteiger partial charge on any atom is -0.458 e. The minimum absolute atomic E-state index is 0.128. The summed E-state index contributed by atoms with van der Waals surface area (Å²) < 4.78 is 5.64. The van der Waals surface area contributed by atoms with Gasteiger partial charge in [0.2, 0.25) is 0 Å². The Morgan fingerprint density at radius 2 is 2.23 bits per heavy atom. The molecule has 0 amide bonds. The molecule has 0 radical (unpaired) electrons. The van der Waals surface area contributed by atoms with E-state index >= 15 is 0 Å². The largest absolute Gasteiger partial charge is 0.458 e. The summed E-state index contributed by atoms with van der Waals surface area (Å²) in [5.41, 5.74) is 1.11. The van der Waals surface area contributed by atoms with E-state index in [4.69, 9.17) is 4.74 Å². The molecule has 72 valence electrons. The number of hydrogen-bond acceptors (Lipinski definition) is 3. The molecule has 0 aliphatic rings. The average Bonchev–Trinajstić information content (AvgIpc) is 2.31. The van der Waals surface area contributed by atoms with Crippen LogP contribution < -0.4 is 0 Å². The number of aryl methyl sites for hydroxylation is 1. The lowest BCUT2D eigenvalue weighted by atomic mass is 10.4. The number of carbonyl (C=O) groups excluding carboxylic acids is 1. The second kappa shape index (κ2) is 3.91. The third-order valence-corrected chi connectivity index (χ3v) is 2.38. The van der Waals surface area contributed by atoms with Crippen molar-refractivity contribution in [1.29, 1.82) is 0 Å². The SMILES string of the molecule is Cc1[nH]nc(C(=O)OC(C)C)c1Br. The quantitative estimate of drug-likeness (QED) is 0.813. The summed E-state index contributed by atoms with van der Waals surface area (Å²) in [6, 6.07) is 0. The van der Waals surface area contributed by atoms with Crippen LogP contribution in [0.25, 0.3) is 0 Å². The number of nitrogens with zero attached hydrogens (tertiary/aromatic N) is 1. The molecular formula is C8H11BrN2O2. The molecule has 0 bridgehead atoms. The van der Waals surface area contributed by atoms with Crippen molar-refractivity contribution in [2.75, 3.05) is 0 Å². The Balaban J connectivity index is 2.83. The number of H-pyrrole nitrogens is 1. The number of carbonyl (C=O) groups is 1. The number of hydrogen-bond donors (Lipinski definition) is 1. The zero-order valence-electron chi connectivity index (χ0n) is 7.72. The third kappa shape index (κ3) is 2.30. The highest BCUT2D eigenvalue weighted by molar-refractivity contribution is 9.10. The van der Waals surface area contributed by atoms with Crippen LogP contribution in [0.5, 0.6) is 0 Å². The van der Waals surface area contributed by atoms with Gasteiger partial charge in [-0.3, -0.25) is 5.10 Å². The van der Waals surface area contributed by atoms with Crippen LogP contribution >= 0.6 is 15.9 Å². The normalized spacial score (nSPS) is 10.5. The van der Waals surface area contributed by atoms with Crippen molar-refractivity contribution in [2.24, 2.45) is 0 Å². The summed E-state index contributed by atoms with van der Waals surface area (Å²) in [4.78, 5) is 11.4. The highest BCUT2D eigenvalue weighted by atomic mass is 79.9. The monoisotopic (exact) mass is 246 g/mol. The van der Waals surface area contributed by atoms with E-state index in [1.807, 2.05) is 6.92 Å². The van der Waals surface area contributed by atoms with E-state index in [1.165, 1.54) is 0 Å². The van der Waals surface area contributed by atoms with Crippen LogP contribution in [0.4, 0.5) is 0 Å². The summed E-state index contributed by atoms with van der Waals surface area (Å²) in [6.07, 6.45) is -0.128. The first-order valence-corrected chi connectivity index (χ1v) is 4.73. The lowest BCUT2D eigenvalue weighted by Gasteiger charge is -2.05. The maximum atomic E-state index is 11.4. The van der Waals surface area contributed by atoms with E-state index in [2.05, 4.69) is 26.1 Å². The van der Waals surface area contributed by atoms with Gasteiger partial charge in [-0.15, -0.1) is 0 Å². The molecule has 1 rings (SSSR count). The molecular weight excluding hydrogens is 236 g/mol. The molecule has 0 saturated carbocycles. The van der Waals surface area contributed by atoms with Gasteiger partial charge >= 0.3 is 5.97 Å². The van der Waals surface area contributed by atoms with Crippen molar-refractivity contribution in [3.63, 3.8) is 0 Å². The summed E-state index contributed by atoms with van der Waals surface area (Å²) in [5, 5.41) is 6.52. The summed E-state index contributed by atoms with van der Waals surface area (Å²) >= 11 is 3.25. The van der Waals surface area contributed by atoms with Crippen LogP contribution in [-0.2, 0) is 4.74 Å². The molecule has 0 aliphatic carbocycles. The molecule has 1 heterocycles. The molecule has 4 nitrogen and oxygen atoms in total. The van der Waals surface area contributed by atoms with Gasteiger partial charge < -0.3 is 4.74 Å². The smallest absolute Gasteiger partial charge is 0.360 e. The van der Waals surface area contributed by atoms with E-state index < -0.39 is 5.97 Å². The number of aromatic amines is 1. The van der Waals surface area contributed by atoms with Gasteiger partial charge in [0.05, 0.1) is 10.6 Å². The van der Waals surface area contributed by atoms with Gasteiger partial charge in [-0.25, -0.2) is 4.79 Å². The van der Waals surface area contributed by atoms with Crippen molar-refractivity contribution >= 4 is 21.9 Å². The Morgan fingerprint density at radius 3 is 2.62 bits per heavy atom. The Hall–Kier alpha value is -0.840. The number of aromatic nitrogens is 2. The predicted octanol–water partition coefficient (Wildman–Crippen LogP) is 2.05. The first-order valence-electron chi connectivity index (χ1n) is 3.93. The highest BCUT2D eigenvalue weighted by Gasteiger charge is 2.17. The van der Waals surface area contributed by atoms with Gasteiger partial charge in [-0.2, -0.15) is 5.10 Å². The van der Waals surface area contributed by atoms with Crippen molar-refractivity contribution in [1.82, 2.24) is 10.2 Å². The van der Waals surface area contributed by atoms with Gasteiger partial charge in [-0.1, -0.05) is 0 Å². The van der Waals surface area contributed by atoms with E-state index in [0.29, 0.717) is 10.2 Å². The van der Waals surface area contributed by atoms with E-state index in [0.717, 1.165) is 5.69 Å². The second-order valence-electron chi connectivity index (χ2n) is 2.97. The lowest BCUT2D eigenvalue weighted by Crippen LogP contribution is -2.12. The Morgan fingerprint density at radius 1 is 1.62 bits per heavy atom. The maximum absolute atomic E-state index is 11.4. The fraction of sp³-hybridized carbons (Fsp3) is 0.500. The van der Waals surface area contributed by atoms with Crippen molar-refractivity contribution < 1.29 is 9.53 Å². The van der Waals surface area contributed by atoms with Gasteiger partial charge in [0.25, 0.3) is 0 Å². The lowest BCUT2D eigenvalue weighted by molar-refractivity contribution is 0.0369. The van der Waals surface area contributed by atoms with Gasteiger partial charge in [0.15, 0.2) is 5.69 Å². The van der Waals surface area contributed by atoms with Gasteiger partial charge in [-0.05, 0) is 36.7 Å². The molecule has 0 spiro atoms. The molecule has 0 unspecified atom stereocenters. The molecule has 0 aliphatic heterocycles. The summed E-state index contributed by atoms with van der Waals surface area (Å²) in [6.45, 7) is 5.42. The number of nitrogens with one attached hydrogen (secondary N) is 1. The fourth-order valence-corrected chi connectivity index (χ4v) is 1.16. The topological polar surface area (TPSA) is 55.0 Å². The number of ether oxygens (including phenoxy) is 1. The van der Waals surface area contributed by atoms with Crippen LogP contribution in [0.3, 0.4) is 0 Å². The molecule has 0 aromatic carbocycles. The zero-order valence-corrected chi connectivity index (χ0v) is 9.31. The molecule has 1 aromatic rings. The first-order chi connectivity index (χ1) is 6.02. The number of rotatable bonds is 2. The third-order valence-electron chi connectivity index (χ3n) is 1.41. The number of esters is 1. The maximum Gasteiger partial charge on any atom is 0.360 e. The molecule has 0 atom stereocenters.